The minimum atomic E-state index is 0.933. The third-order valence-electron chi connectivity index (χ3n) is 4.53. The van der Waals surface area contributed by atoms with Crippen molar-refractivity contribution >= 4 is 48.6 Å². The van der Waals surface area contributed by atoms with E-state index in [0.717, 1.165) is 26.8 Å². The Hall–Kier alpha value is -2.58. The molecule has 0 N–H and O–H groups in total. The molecule has 0 radical (unpaired) electrons. The first kappa shape index (κ1) is 13.8. The molecule has 0 saturated heterocycles. The smallest absolute Gasteiger partial charge is 0.143 e. The van der Waals surface area contributed by atoms with E-state index < -0.39 is 0 Å². The fourth-order valence-corrected chi connectivity index (χ4v) is 3.68. The van der Waals surface area contributed by atoms with Gasteiger partial charge in [0.05, 0.1) is 0 Å². The van der Waals surface area contributed by atoms with E-state index in [0.29, 0.717) is 0 Å². The fraction of sp³-hybridized carbons (Fsp3) is 0. The van der Waals surface area contributed by atoms with E-state index in [2.05, 4.69) is 82.7 Å². The molecule has 2 heteroatoms. The highest BCUT2D eigenvalue weighted by Crippen LogP contribution is 2.40. The first-order valence-corrected chi connectivity index (χ1v) is 8.69. The lowest BCUT2D eigenvalue weighted by Gasteiger charge is -2.07. The van der Waals surface area contributed by atoms with Gasteiger partial charge >= 0.3 is 0 Å². The minimum Gasteiger partial charge on any atom is -0.455 e. The van der Waals surface area contributed by atoms with Crippen LogP contribution in [0.5, 0.6) is 0 Å². The van der Waals surface area contributed by atoms with Crippen LogP contribution in [0.1, 0.15) is 0 Å². The van der Waals surface area contributed by atoms with Crippen LogP contribution in [0, 0.1) is 0 Å². The Morgan fingerprint density at radius 2 is 1.42 bits per heavy atom. The number of furan rings is 1. The maximum atomic E-state index is 6.26. The predicted molar refractivity (Wildman–Crippen MR) is 104 cm³/mol. The molecule has 5 aromatic rings. The topological polar surface area (TPSA) is 13.1 Å². The second kappa shape index (κ2) is 5.22. The number of halogens is 1. The van der Waals surface area contributed by atoms with Crippen molar-refractivity contribution in [3.8, 4) is 11.1 Å². The number of para-hydroxylation sites is 1. The molecule has 0 bridgehead atoms. The SMILES string of the molecule is Brc1ccc(-c2cc3ccccc3c3c2oc2ccccc23)cc1. The van der Waals surface area contributed by atoms with Crippen LogP contribution in [-0.2, 0) is 0 Å². The Morgan fingerprint density at radius 3 is 2.25 bits per heavy atom. The summed E-state index contributed by atoms with van der Waals surface area (Å²) in [6.07, 6.45) is 0. The van der Waals surface area contributed by atoms with Gasteiger partial charge in [-0.3, -0.25) is 0 Å². The van der Waals surface area contributed by atoms with Crippen LogP contribution < -0.4 is 0 Å². The number of fused-ring (bicyclic) bond motifs is 5. The van der Waals surface area contributed by atoms with Gasteiger partial charge in [0.1, 0.15) is 11.2 Å². The zero-order valence-corrected chi connectivity index (χ0v) is 14.4. The van der Waals surface area contributed by atoms with Gasteiger partial charge in [0, 0.05) is 20.8 Å². The average molecular weight is 373 g/mol. The first-order chi connectivity index (χ1) is 11.8. The molecular weight excluding hydrogens is 360 g/mol. The van der Waals surface area contributed by atoms with Crippen LogP contribution in [0.15, 0.2) is 87.8 Å². The standard InChI is InChI=1S/C22H13BrO/c23-16-11-9-14(10-12-16)19-13-15-5-1-2-6-17(15)21-18-7-3-4-8-20(18)24-22(19)21/h1-13H. The van der Waals surface area contributed by atoms with Gasteiger partial charge < -0.3 is 4.42 Å². The van der Waals surface area contributed by atoms with E-state index in [4.69, 9.17) is 4.42 Å². The Balaban J connectivity index is 2.00. The molecule has 24 heavy (non-hydrogen) atoms. The third kappa shape index (κ3) is 2.00. The number of rotatable bonds is 1. The highest BCUT2D eigenvalue weighted by Gasteiger charge is 2.15. The fourth-order valence-electron chi connectivity index (χ4n) is 3.42. The van der Waals surface area contributed by atoms with Crippen molar-refractivity contribution in [2.24, 2.45) is 0 Å². The molecular formula is C22H13BrO. The normalized spacial score (nSPS) is 11.5. The number of benzene rings is 4. The van der Waals surface area contributed by atoms with Crippen molar-refractivity contribution in [2.75, 3.05) is 0 Å². The second-order valence-electron chi connectivity index (χ2n) is 5.95. The Bertz CT molecular complexity index is 1200. The second-order valence-corrected chi connectivity index (χ2v) is 6.87. The molecule has 5 rings (SSSR count). The molecule has 0 aliphatic rings. The van der Waals surface area contributed by atoms with Crippen molar-refractivity contribution in [1.29, 1.82) is 0 Å². The summed E-state index contributed by atoms with van der Waals surface area (Å²) in [7, 11) is 0. The lowest BCUT2D eigenvalue weighted by molar-refractivity contribution is 0.670. The van der Waals surface area contributed by atoms with Gasteiger partial charge in [0.25, 0.3) is 0 Å². The molecule has 0 aliphatic carbocycles. The average Bonchev–Trinajstić information content (AvgIpc) is 3.02. The predicted octanol–water partition coefficient (Wildman–Crippen LogP) is 7.17. The summed E-state index contributed by atoms with van der Waals surface area (Å²) in [4.78, 5) is 0. The molecule has 4 aromatic carbocycles. The lowest BCUT2D eigenvalue weighted by Crippen LogP contribution is -1.82. The molecule has 0 saturated carbocycles. The van der Waals surface area contributed by atoms with Crippen molar-refractivity contribution in [3.05, 3.63) is 83.3 Å². The molecule has 1 nitrogen and oxygen atoms in total. The summed E-state index contributed by atoms with van der Waals surface area (Å²) in [6, 6.07) is 27.4. The summed E-state index contributed by atoms with van der Waals surface area (Å²) < 4.78 is 7.34. The zero-order chi connectivity index (χ0) is 16.1. The monoisotopic (exact) mass is 372 g/mol. The number of hydrogen-bond donors (Lipinski definition) is 0. The molecule has 0 amide bonds. The van der Waals surface area contributed by atoms with Crippen molar-refractivity contribution < 1.29 is 4.42 Å². The summed E-state index contributed by atoms with van der Waals surface area (Å²) in [5, 5.41) is 4.83. The third-order valence-corrected chi connectivity index (χ3v) is 5.05. The van der Waals surface area contributed by atoms with Gasteiger partial charge in [0.15, 0.2) is 0 Å². The molecule has 1 heterocycles. The van der Waals surface area contributed by atoms with Crippen molar-refractivity contribution in [2.45, 2.75) is 0 Å². The Morgan fingerprint density at radius 1 is 0.708 bits per heavy atom. The zero-order valence-electron chi connectivity index (χ0n) is 12.8. The van der Waals surface area contributed by atoms with Crippen LogP contribution in [-0.4, -0.2) is 0 Å². The van der Waals surface area contributed by atoms with E-state index >= 15 is 0 Å². The van der Waals surface area contributed by atoms with Gasteiger partial charge in [-0.2, -0.15) is 0 Å². The van der Waals surface area contributed by atoms with Crippen molar-refractivity contribution in [3.63, 3.8) is 0 Å². The van der Waals surface area contributed by atoms with E-state index in [9.17, 15) is 0 Å². The molecule has 0 atom stereocenters. The number of hydrogen-bond acceptors (Lipinski definition) is 1. The summed E-state index contributed by atoms with van der Waals surface area (Å²) in [5.74, 6) is 0. The molecule has 0 unspecified atom stereocenters. The van der Waals surface area contributed by atoms with Crippen LogP contribution in [0.25, 0.3) is 43.8 Å². The Labute approximate surface area is 147 Å². The van der Waals surface area contributed by atoms with Crippen LogP contribution in [0.2, 0.25) is 0 Å². The molecule has 0 aliphatic heterocycles. The van der Waals surface area contributed by atoms with Gasteiger partial charge in [-0.25, -0.2) is 0 Å². The minimum absolute atomic E-state index is 0.933. The summed E-state index contributed by atoms with van der Waals surface area (Å²) >= 11 is 3.51. The molecule has 114 valence electrons. The largest absolute Gasteiger partial charge is 0.455 e. The van der Waals surface area contributed by atoms with E-state index in [1.54, 1.807) is 0 Å². The molecule has 0 spiro atoms. The van der Waals surface area contributed by atoms with Gasteiger partial charge in [-0.05, 0) is 40.6 Å². The quantitative estimate of drug-likeness (QED) is 0.304. The van der Waals surface area contributed by atoms with Crippen LogP contribution in [0.4, 0.5) is 0 Å². The van der Waals surface area contributed by atoms with E-state index in [-0.39, 0.29) is 0 Å². The van der Waals surface area contributed by atoms with Gasteiger partial charge in [-0.15, -0.1) is 0 Å². The summed E-state index contributed by atoms with van der Waals surface area (Å²) in [6.45, 7) is 0. The van der Waals surface area contributed by atoms with E-state index in [1.807, 2.05) is 12.1 Å². The van der Waals surface area contributed by atoms with Crippen molar-refractivity contribution in [1.82, 2.24) is 0 Å². The molecule has 1 aromatic heterocycles. The first-order valence-electron chi connectivity index (χ1n) is 7.90. The van der Waals surface area contributed by atoms with Crippen LogP contribution >= 0.6 is 15.9 Å². The van der Waals surface area contributed by atoms with E-state index in [1.165, 1.54) is 21.5 Å². The highest BCUT2D eigenvalue weighted by molar-refractivity contribution is 9.10. The maximum absolute atomic E-state index is 6.26. The maximum Gasteiger partial charge on any atom is 0.143 e. The van der Waals surface area contributed by atoms with Crippen LogP contribution in [0.3, 0.4) is 0 Å². The molecule has 0 fully saturated rings. The highest BCUT2D eigenvalue weighted by atomic mass is 79.9. The van der Waals surface area contributed by atoms with Gasteiger partial charge in [0.2, 0.25) is 0 Å². The van der Waals surface area contributed by atoms with Gasteiger partial charge in [-0.1, -0.05) is 70.5 Å². The Kier molecular flexibility index (Phi) is 3.00. The summed E-state index contributed by atoms with van der Waals surface area (Å²) in [5.41, 5.74) is 4.18. The lowest BCUT2D eigenvalue weighted by atomic mass is 9.96.